The maximum atomic E-state index is 11.7. The summed E-state index contributed by atoms with van der Waals surface area (Å²) in [5, 5.41) is 2.86. The highest BCUT2D eigenvalue weighted by Crippen LogP contribution is 2.20. The van der Waals surface area contributed by atoms with Crippen LogP contribution in [0, 0.1) is 0 Å². The topological polar surface area (TPSA) is 38.3 Å². The van der Waals surface area contributed by atoms with Gasteiger partial charge in [-0.3, -0.25) is 4.79 Å². The van der Waals surface area contributed by atoms with E-state index in [-0.39, 0.29) is 5.91 Å². The minimum Gasteiger partial charge on any atom is -0.381 e. The first-order valence-corrected chi connectivity index (χ1v) is 6.82. The monoisotopic (exact) mass is 269 g/mol. The summed E-state index contributed by atoms with van der Waals surface area (Å²) in [5.41, 5.74) is 3.12. The Balaban J connectivity index is 1.93. The lowest BCUT2D eigenvalue weighted by molar-refractivity contribution is -0.117. The average Bonchev–Trinajstić information content (AvgIpc) is 2.49. The van der Waals surface area contributed by atoms with Gasteiger partial charge in [-0.1, -0.05) is 42.5 Å². The molecule has 0 heterocycles. The molecule has 2 aromatic rings. The van der Waals surface area contributed by atoms with Crippen molar-refractivity contribution in [3.8, 4) is 11.1 Å². The summed E-state index contributed by atoms with van der Waals surface area (Å²) in [6.45, 7) is 3.02. The Morgan fingerprint density at radius 2 is 1.65 bits per heavy atom. The summed E-state index contributed by atoms with van der Waals surface area (Å²) in [6, 6.07) is 18.0. The van der Waals surface area contributed by atoms with E-state index in [2.05, 4.69) is 17.4 Å². The summed E-state index contributed by atoms with van der Waals surface area (Å²) in [4.78, 5) is 11.7. The van der Waals surface area contributed by atoms with Crippen LogP contribution < -0.4 is 5.32 Å². The number of anilines is 1. The fraction of sp³-hybridized carbons (Fsp3) is 0.235. The SMILES string of the molecule is CCOCCC(=O)Nc1ccc(-c2ccccc2)cc1. The molecule has 0 aliphatic heterocycles. The molecule has 0 aromatic heterocycles. The average molecular weight is 269 g/mol. The van der Waals surface area contributed by atoms with Crippen LogP contribution in [0.25, 0.3) is 11.1 Å². The summed E-state index contributed by atoms with van der Waals surface area (Å²) in [5.74, 6) is -0.0223. The van der Waals surface area contributed by atoms with E-state index in [1.54, 1.807) is 0 Å². The molecule has 1 N–H and O–H groups in total. The molecule has 0 aliphatic carbocycles. The number of hydrogen-bond acceptors (Lipinski definition) is 2. The minimum atomic E-state index is -0.0223. The van der Waals surface area contributed by atoms with E-state index in [4.69, 9.17) is 4.74 Å². The Hall–Kier alpha value is -2.13. The molecular formula is C17H19NO2. The number of ether oxygens (including phenoxy) is 1. The normalized spacial score (nSPS) is 10.2. The molecule has 0 bridgehead atoms. The summed E-state index contributed by atoms with van der Waals surface area (Å²) in [6.07, 6.45) is 0.383. The van der Waals surface area contributed by atoms with Gasteiger partial charge in [0.1, 0.15) is 0 Å². The third-order valence-corrected chi connectivity index (χ3v) is 2.95. The summed E-state index contributed by atoms with van der Waals surface area (Å²) < 4.78 is 5.16. The molecule has 2 aromatic carbocycles. The Bertz CT molecular complexity index is 535. The van der Waals surface area contributed by atoms with Crippen molar-refractivity contribution in [1.29, 1.82) is 0 Å². The van der Waals surface area contributed by atoms with Crippen LogP contribution in [0.4, 0.5) is 5.69 Å². The number of benzene rings is 2. The van der Waals surface area contributed by atoms with Gasteiger partial charge in [0, 0.05) is 12.3 Å². The van der Waals surface area contributed by atoms with Gasteiger partial charge in [0.15, 0.2) is 0 Å². The van der Waals surface area contributed by atoms with Crippen molar-refractivity contribution < 1.29 is 9.53 Å². The van der Waals surface area contributed by atoms with Gasteiger partial charge < -0.3 is 10.1 Å². The second kappa shape index (κ2) is 7.46. The van der Waals surface area contributed by atoms with Gasteiger partial charge in [-0.2, -0.15) is 0 Å². The second-order valence-corrected chi connectivity index (χ2v) is 4.44. The Kier molecular flexibility index (Phi) is 5.33. The molecule has 2 rings (SSSR count). The maximum absolute atomic E-state index is 11.7. The predicted molar refractivity (Wildman–Crippen MR) is 81.6 cm³/mol. The number of carbonyl (C=O) groups is 1. The van der Waals surface area contributed by atoms with E-state index in [1.165, 1.54) is 5.56 Å². The number of carbonyl (C=O) groups excluding carboxylic acids is 1. The zero-order chi connectivity index (χ0) is 14.2. The molecular weight excluding hydrogens is 250 g/mol. The van der Waals surface area contributed by atoms with E-state index >= 15 is 0 Å². The van der Waals surface area contributed by atoms with Crippen LogP contribution in [0.3, 0.4) is 0 Å². The minimum absolute atomic E-state index is 0.0223. The lowest BCUT2D eigenvalue weighted by atomic mass is 10.1. The highest BCUT2D eigenvalue weighted by atomic mass is 16.5. The van der Waals surface area contributed by atoms with Gasteiger partial charge in [0.25, 0.3) is 0 Å². The van der Waals surface area contributed by atoms with E-state index in [0.717, 1.165) is 11.3 Å². The lowest BCUT2D eigenvalue weighted by Gasteiger charge is -2.07. The van der Waals surface area contributed by atoms with E-state index in [1.807, 2.05) is 49.4 Å². The van der Waals surface area contributed by atoms with Crippen LogP contribution in [-0.4, -0.2) is 19.1 Å². The molecule has 3 nitrogen and oxygen atoms in total. The van der Waals surface area contributed by atoms with Crippen molar-refractivity contribution in [3.05, 3.63) is 54.6 Å². The molecule has 0 saturated heterocycles. The van der Waals surface area contributed by atoms with Crippen molar-refractivity contribution in [1.82, 2.24) is 0 Å². The molecule has 104 valence electrons. The van der Waals surface area contributed by atoms with E-state index < -0.39 is 0 Å². The molecule has 0 atom stereocenters. The Labute approximate surface area is 119 Å². The molecule has 20 heavy (non-hydrogen) atoms. The predicted octanol–water partition coefficient (Wildman–Crippen LogP) is 3.72. The van der Waals surface area contributed by atoms with E-state index in [0.29, 0.717) is 19.6 Å². The number of hydrogen-bond donors (Lipinski definition) is 1. The molecule has 0 unspecified atom stereocenters. The van der Waals surface area contributed by atoms with Crippen LogP contribution in [0.1, 0.15) is 13.3 Å². The maximum Gasteiger partial charge on any atom is 0.226 e. The van der Waals surface area contributed by atoms with Crippen molar-refractivity contribution in [3.63, 3.8) is 0 Å². The van der Waals surface area contributed by atoms with Crippen LogP contribution in [0.2, 0.25) is 0 Å². The van der Waals surface area contributed by atoms with Gasteiger partial charge in [-0.05, 0) is 30.2 Å². The second-order valence-electron chi connectivity index (χ2n) is 4.44. The zero-order valence-electron chi connectivity index (χ0n) is 11.6. The van der Waals surface area contributed by atoms with Gasteiger partial charge in [0.05, 0.1) is 13.0 Å². The third kappa shape index (κ3) is 4.21. The molecule has 1 amide bonds. The van der Waals surface area contributed by atoms with Crippen LogP contribution in [0.5, 0.6) is 0 Å². The number of rotatable bonds is 6. The fourth-order valence-electron chi connectivity index (χ4n) is 1.91. The van der Waals surface area contributed by atoms with Crippen LogP contribution in [-0.2, 0) is 9.53 Å². The molecule has 0 aliphatic rings. The zero-order valence-corrected chi connectivity index (χ0v) is 11.6. The standard InChI is InChI=1S/C17H19NO2/c1-2-20-13-12-17(19)18-16-10-8-15(9-11-16)14-6-4-3-5-7-14/h3-11H,2,12-13H2,1H3,(H,18,19). The molecule has 3 heteroatoms. The lowest BCUT2D eigenvalue weighted by Crippen LogP contribution is -2.14. The smallest absolute Gasteiger partial charge is 0.226 e. The quantitative estimate of drug-likeness (QED) is 0.812. The summed E-state index contributed by atoms with van der Waals surface area (Å²) in [7, 11) is 0. The van der Waals surface area contributed by atoms with Gasteiger partial charge >= 0.3 is 0 Å². The van der Waals surface area contributed by atoms with Crippen molar-refractivity contribution in [2.75, 3.05) is 18.5 Å². The van der Waals surface area contributed by atoms with Crippen molar-refractivity contribution in [2.24, 2.45) is 0 Å². The molecule has 0 fully saturated rings. The largest absolute Gasteiger partial charge is 0.381 e. The van der Waals surface area contributed by atoms with Crippen molar-refractivity contribution >= 4 is 11.6 Å². The van der Waals surface area contributed by atoms with Crippen LogP contribution >= 0.6 is 0 Å². The van der Waals surface area contributed by atoms with Gasteiger partial charge in [-0.25, -0.2) is 0 Å². The first-order valence-electron chi connectivity index (χ1n) is 6.82. The molecule has 0 saturated carbocycles. The third-order valence-electron chi connectivity index (χ3n) is 2.95. The first-order chi connectivity index (χ1) is 9.79. The fourth-order valence-corrected chi connectivity index (χ4v) is 1.91. The summed E-state index contributed by atoms with van der Waals surface area (Å²) >= 11 is 0. The molecule has 0 radical (unpaired) electrons. The van der Waals surface area contributed by atoms with Gasteiger partial charge in [0.2, 0.25) is 5.91 Å². The Morgan fingerprint density at radius 3 is 2.30 bits per heavy atom. The number of nitrogens with one attached hydrogen (secondary N) is 1. The first kappa shape index (κ1) is 14.3. The number of amides is 1. The van der Waals surface area contributed by atoms with Crippen LogP contribution in [0.15, 0.2) is 54.6 Å². The van der Waals surface area contributed by atoms with Crippen molar-refractivity contribution in [2.45, 2.75) is 13.3 Å². The Morgan fingerprint density at radius 1 is 1.00 bits per heavy atom. The van der Waals surface area contributed by atoms with E-state index in [9.17, 15) is 4.79 Å². The highest BCUT2D eigenvalue weighted by Gasteiger charge is 2.02. The van der Waals surface area contributed by atoms with Gasteiger partial charge in [-0.15, -0.1) is 0 Å². The highest BCUT2D eigenvalue weighted by molar-refractivity contribution is 5.91. The molecule has 0 spiro atoms.